The fourth-order valence-electron chi connectivity index (χ4n) is 1.36. The summed E-state index contributed by atoms with van der Waals surface area (Å²) in [7, 11) is 0. The second kappa shape index (κ2) is 3.36. The maximum Gasteiger partial charge on any atom is 0.170 e. The van der Waals surface area contributed by atoms with Crippen LogP contribution in [0.4, 0.5) is 0 Å². The number of benzene rings is 1. The van der Waals surface area contributed by atoms with Crippen LogP contribution in [0.15, 0.2) is 22.9 Å². The molecule has 1 aromatic heterocycles. The molecule has 0 aliphatic rings. The lowest BCUT2D eigenvalue weighted by atomic mass is 10.1. The Bertz CT molecular complexity index is 424. The summed E-state index contributed by atoms with van der Waals surface area (Å²) in [6, 6.07) is 3.69. The maximum absolute atomic E-state index is 5.91. The number of rotatable bonds is 2. The average molecular weight is 197 g/mol. The van der Waals surface area contributed by atoms with Gasteiger partial charge in [0, 0.05) is 16.0 Å². The molecule has 0 fully saturated rings. The van der Waals surface area contributed by atoms with Crippen molar-refractivity contribution in [3.8, 4) is 0 Å². The molecular weight excluding hydrogens is 188 g/mol. The molecule has 4 heteroatoms. The summed E-state index contributed by atoms with van der Waals surface area (Å²) in [4.78, 5) is 0. The average Bonchev–Trinajstić information content (AvgIpc) is 2.52. The maximum atomic E-state index is 5.91. The molecular formula is C9H9ClN2O. The molecule has 0 amide bonds. The van der Waals surface area contributed by atoms with Crippen LogP contribution in [0.1, 0.15) is 5.56 Å². The van der Waals surface area contributed by atoms with Gasteiger partial charge in [-0.15, -0.1) is 0 Å². The summed E-state index contributed by atoms with van der Waals surface area (Å²) in [5.41, 5.74) is 7.27. The Morgan fingerprint density at radius 3 is 3.08 bits per heavy atom. The zero-order chi connectivity index (χ0) is 9.26. The van der Waals surface area contributed by atoms with Gasteiger partial charge in [-0.05, 0) is 25.1 Å². The first-order valence-electron chi connectivity index (χ1n) is 4.04. The third-order valence-corrected chi connectivity index (χ3v) is 2.13. The molecule has 3 nitrogen and oxygen atoms in total. The fourth-order valence-corrected chi connectivity index (χ4v) is 1.61. The standard InChI is InChI=1S/C9H9ClN2O/c10-8-3-6(1-2-11)9-7(4-8)5-12-13-9/h3-5H,1-2,11H2. The van der Waals surface area contributed by atoms with E-state index in [4.69, 9.17) is 21.9 Å². The highest BCUT2D eigenvalue weighted by atomic mass is 35.5. The molecule has 0 radical (unpaired) electrons. The van der Waals surface area contributed by atoms with Gasteiger partial charge < -0.3 is 10.3 Å². The van der Waals surface area contributed by atoms with Crippen LogP contribution in [0.3, 0.4) is 0 Å². The highest BCUT2D eigenvalue weighted by Gasteiger charge is 2.06. The molecule has 0 saturated carbocycles. The van der Waals surface area contributed by atoms with Crippen LogP contribution >= 0.6 is 11.6 Å². The van der Waals surface area contributed by atoms with Crippen LogP contribution in [-0.2, 0) is 6.42 Å². The molecule has 2 aromatic rings. The number of halogens is 1. The molecule has 0 aliphatic carbocycles. The number of fused-ring (bicyclic) bond motifs is 1. The molecule has 0 unspecified atom stereocenters. The van der Waals surface area contributed by atoms with Gasteiger partial charge in [0.25, 0.3) is 0 Å². The minimum Gasteiger partial charge on any atom is -0.356 e. The van der Waals surface area contributed by atoms with E-state index >= 15 is 0 Å². The van der Waals surface area contributed by atoms with Gasteiger partial charge in [-0.1, -0.05) is 16.8 Å². The van der Waals surface area contributed by atoms with Crippen molar-refractivity contribution in [3.05, 3.63) is 28.9 Å². The Labute approximate surface area is 80.5 Å². The van der Waals surface area contributed by atoms with Gasteiger partial charge in [-0.2, -0.15) is 0 Å². The monoisotopic (exact) mass is 196 g/mol. The SMILES string of the molecule is NCCc1cc(Cl)cc2cnoc12. The number of hydrogen-bond donors (Lipinski definition) is 1. The van der Waals surface area contributed by atoms with E-state index in [0.29, 0.717) is 11.6 Å². The summed E-state index contributed by atoms with van der Waals surface area (Å²) in [6.07, 6.45) is 2.41. The van der Waals surface area contributed by atoms with Crippen molar-refractivity contribution in [2.75, 3.05) is 6.54 Å². The lowest BCUT2D eigenvalue weighted by Gasteiger charge is -1.99. The molecule has 13 heavy (non-hydrogen) atoms. The summed E-state index contributed by atoms with van der Waals surface area (Å²) in [5, 5.41) is 5.33. The van der Waals surface area contributed by atoms with E-state index in [1.807, 2.05) is 12.1 Å². The Hall–Kier alpha value is -1.06. The lowest BCUT2D eigenvalue weighted by molar-refractivity contribution is 0.454. The largest absolute Gasteiger partial charge is 0.356 e. The van der Waals surface area contributed by atoms with Crippen molar-refractivity contribution in [2.45, 2.75) is 6.42 Å². The summed E-state index contributed by atoms with van der Waals surface area (Å²) in [5.74, 6) is 0. The Morgan fingerprint density at radius 2 is 2.31 bits per heavy atom. The van der Waals surface area contributed by atoms with Crippen LogP contribution in [-0.4, -0.2) is 11.7 Å². The van der Waals surface area contributed by atoms with Gasteiger partial charge in [0.15, 0.2) is 5.58 Å². The summed E-state index contributed by atoms with van der Waals surface area (Å²) in [6.45, 7) is 0.580. The smallest absolute Gasteiger partial charge is 0.170 e. The quantitative estimate of drug-likeness (QED) is 0.799. The van der Waals surface area contributed by atoms with Crippen molar-refractivity contribution in [2.24, 2.45) is 5.73 Å². The third kappa shape index (κ3) is 1.53. The molecule has 1 aromatic carbocycles. The van der Waals surface area contributed by atoms with E-state index in [9.17, 15) is 0 Å². The minimum atomic E-state index is 0.580. The van der Waals surface area contributed by atoms with E-state index in [-0.39, 0.29) is 0 Å². The predicted octanol–water partition coefficient (Wildman–Crippen LogP) is 1.98. The molecule has 2 rings (SSSR count). The fraction of sp³-hybridized carbons (Fsp3) is 0.222. The normalized spacial score (nSPS) is 10.9. The Morgan fingerprint density at radius 1 is 1.46 bits per heavy atom. The summed E-state index contributed by atoms with van der Waals surface area (Å²) < 4.78 is 5.09. The van der Waals surface area contributed by atoms with E-state index in [2.05, 4.69) is 5.16 Å². The molecule has 0 saturated heterocycles. The number of nitrogens with zero attached hydrogens (tertiary/aromatic N) is 1. The van der Waals surface area contributed by atoms with E-state index < -0.39 is 0 Å². The van der Waals surface area contributed by atoms with Crippen LogP contribution in [0.5, 0.6) is 0 Å². The molecule has 0 atom stereocenters. The van der Waals surface area contributed by atoms with Gasteiger partial charge in [0.2, 0.25) is 0 Å². The summed E-state index contributed by atoms with van der Waals surface area (Å²) >= 11 is 5.91. The van der Waals surface area contributed by atoms with Gasteiger partial charge in [0.05, 0.1) is 6.20 Å². The van der Waals surface area contributed by atoms with Crippen molar-refractivity contribution < 1.29 is 4.52 Å². The lowest BCUT2D eigenvalue weighted by Crippen LogP contribution is -2.02. The van der Waals surface area contributed by atoms with Gasteiger partial charge in [0.1, 0.15) is 0 Å². The van der Waals surface area contributed by atoms with Crippen molar-refractivity contribution >= 4 is 22.6 Å². The first-order valence-corrected chi connectivity index (χ1v) is 4.42. The van der Waals surface area contributed by atoms with E-state index in [1.54, 1.807) is 6.20 Å². The highest BCUT2D eigenvalue weighted by molar-refractivity contribution is 6.31. The van der Waals surface area contributed by atoms with Crippen LogP contribution < -0.4 is 5.73 Å². The van der Waals surface area contributed by atoms with Crippen LogP contribution in [0.2, 0.25) is 5.02 Å². The van der Waals surface area contributed by atoms with E-state index in [1.165, 1.54) is 0 Å². The van der Waals surface area contributed by atoms with Crippen LogP contribution in [0, 0.1) is 0 Å². The first kappa shape index (κ1) is 8.53. The zero-order valence-electron chi connectivity index (χ0n) is 6.96. The second-order valence-corrected chi connectivity index (χ2v) is 3.28. The molecule has 0 aliphatic heterocycles. The first-order chi connectivity index (χ1) is 6.31. The number of aromatic nitrogens is 1. The Kier molecular flexibility index (Phi) is 2.20. The molecule has 0 spiro atoms. The topological polar surface area (TPSA) is 52.0 Å². The molecule has 0 bridgehead atoms. The number of hydrogen-bond acceptors (Lipinski definition) is 3. The van der Waals surface area contributed by atoms with Gasteiger partial charge >= 0.3 is 0 Å². The highest BCUT2D eigenvalue weighted by Crippen LogP contribution is 2.23. The van der Waals surface area contributed by atoms with Gasteiger partial charge in [-0.3, -0.25) is 0 Å². The van der Waals surface area contributed by atoms with E-state index in [0.717, 1.165) is 23.0 Å². The number of nitrogens with two attached hydrogens (primary N) is 1. The minimum absolute atomic E-state index is 0.580. The predicted molar refractivity (Wildman–Crippen MR) is 51.8 cm³/mol. The van der Waals surface area contributed by atoms with Crippen molar-refractivity contribution in [3.63, 3.8) is 0 Å². The van der Waals surface area contributed by atoms with Crippen molar-refractivity contribution in [1.82, 2.24) is 5.16 Å². The van der Waals surface area contributed by atoms with Gasteiger partial charge in [-0.25, -0.2) is 0 Å². The second-order valence-electron chi connectivity index (χ2n) is 2.85. The molecule has 2 N–H and O–H groups in total. The zero-order valence-corrected chi connectivity index (χ0v) is 7.71. The third-order valence-electron chi connectivity index (χ3n) is 1.91. The molecule has 68 valence electrons. The van der Waals surface area contributed by atoms with Crippen LogP contribution in [0.25, 0.3) is 11.0 Å². The Balaban J connectivity index is 2.63. The molecule has 1 heterocycles. The van der Waals surface area contributed by atoms with Crippen molar-refractivity contribution in [1.29, 1.82) is 0 Å².